The van der Waals surface area contributed by atoms with E-state index in [1.54, 1.807) is 24.2 Å². The van der Waals surface area contributed by atoms with Crippen LogP contribution in [0.25, 0.3) is 0 Å². The zero-order valence-corrected chi connectivity index (χ0v) is 14.6. The standard InChI is InChI=1S/C19H24N4O2/c1-3-15-6-8-16(9-7-15)12-23(13-17-5-4-10-21-11-17)18(24)14(2)22-19(20)25/h4-11,14H,3,12-13H2,1-2H3,(H3,20,22,25). The number of primary amides is 1. The molecule has 2 aromatic rings. The number of hydrogen-bond acceptors (Lipinski definition) is 3. The summed E-state index contributed by atoms with van der Waals surface area (Å²) in [5.41, 5.74) is 8.34. The first kappa shape index (κ1) is 18.4. The first-order valence-corrected chi connectivity index (χ1v) is 8.31. The fraction of sp³-hybridized carbons (Fsp3) is 0.316. The molecule has 0 radical (unpaired) electrons. The second-order valence-corrected chi connectivity index (χ2v) is 5.96. The number of nitrogens with one attached hydrogen (secondary N) is 1. The highest BCUT2D eigenvalue weighted by Crippen LogP contribution is 2.13. The van der Waals surface area contributed by atoms with Crippen molar-refractivity contribution in [2.75, 3.05) is 0 Å². The zero-order chi connectivity index (χ0) is 18.2. The molecule has 1 unspecified atom stereocenters. The Bertz CT molecular complexity index is 701. The lowest BCUT2D eigenvalue weighted by Crippen LogP contribution is -2.48. The number of pyridine rings is 1. The molecule has 1 atom stereocenters. The molecule has 0 aliphatic rings. The van der Waals surface area contributed by atoms with Crippen molar-refractivity contribution in [2.45, 2.75) is 39.4 Å². The predicted molar refractivity (Wildman–Crippen MR) is 96.5 cm³/mol. The third kappa shape index (κ3) is 5.60. The van der Waals surface area contributed by atoms with Gasteiger partial charge in [-0.15, -0.1) is 0 Å². The minimum atomic E-state index is -0.713. The number of aryl methyl sites for hydroxylation is 1. The lowest BCUT2D eigenvalue weighted by Gasteiger charge is -2.26. The number of benzene rings is 1. The highest BCUT2D eigenvalue weighted by atomic mass is 16.2. The Labute approximate surface area is 148 Å². The second-order valence-electron chi connectivity index (χ2n) is 5.96. The van der Waals surface area contributed by atoms with Gasteiger partial charge in [0, 0.05) is 25.5 Å². The van der Waals surface area contributed by atoms with Gasteiger partial charge in [-0.2, -0.15) is 0 Å². The summed E-state index contributed by atoms with van der Waals surface area (Å²) in [6.45, 7) is 4.59. The van der Waals surface area contributed by atoms with Gasteiger partial charge < -0.3 is 16.0 Å². The molecule has 25 heavy (non-hydrogen) atoms. The van der Waals surface area contributed by atoms with Crippen molar-refractivity contribution in [3.8, 4) is 0 Å². The normalized spacial score (nSPS) is 11.6. The molecule has 3 amide bonds. The van der Waals surface area contributed by atoms with Crippen molar-refractivity contribution in [3.63, 3.8) is 0 Å². The number of hydrogen-bond donors (Lipinski definition) is 2. The minimum Gasteiger partial charge on any atom is -0.352 e. The monoisotopic (exact) mass is 340 g/mol. The lowest BCUT2D eigenvalue weighted by atomic mass is 10.1. The van der Waals surface area contributed by atoms with E-state index in [1.807, 2.05) is 24.3 Å². The molecule has 6 nitrogen and oxygen atoms in total. The van der Waals surface area contributed by atoms with Crippen molar-refractivity contribution < 1.29 is 9.59 Å². The lowest BCUT2D eigenvalue weighted by molar-refractivity contribution is -0.134. The first-order chi connectivity index (χ1) is 12.0. The summed E-state index contributed by atoms with van der Waals surface area (Å²) >= 11 is 0. The molecular formula is C19H24N4O2. The second kappa shape index (κ2) is 8.82. The van der Waals surface area contributed by atoms with Crippen LogP contribution in [0, 0.1) is 0 Å². The SMILES string of the molecule is CCc1ccc(CN(Cc2cccnc2)C(=O)C(C)NC(N)=O)cc1. The van der Waals surface area contributed by atoms with Crippen LogP contribution in [-0.2, 0) is 24.3 Å². The molecule has 0 saturated heterocycles. The van der Waals surface area contributed by atoms with E-state index in [-0.39, 0.29) is 5.91 Å². The fourth-order valence-electron chi connectivity index (χ4n) is 2.57. The van der Waals surface area contributed by atoms with E-state index in [0.29, 0.717) is 13.1 Å². The molecule has 6 heteroatoms. The maximum absolute atomic E-state index is 12.7. The Morgan fingerprint density at radius 1 is 1.12 bits per heavy atom. The van der Waals surface area contributed by atoms with Crippen molar-refractivity contribution >= 4 is 11.9 Å². The van der Waals surface area contributed by atoms with Gasteiger partial charge in [-0.25, -0.2) is 4.79 Å². The highest BCUT2D eigenvalue weighted by molar-refractivity contribution is 5.86. The molecule has 0 fully saturated rings. The van der Waals surface area contributed by atoms with Gasteiger partial charge in [-0.05, 0) is 36.1 Å². The van der Waals surface area contributed by atoms with Crippen LogP contribution < -0.4 is 11.1 Å². The van der Waals surface area contributed by atoms with Crippen molar-refractivity contribution in [1.82, 2.24) is 15.2 Å². The summed E-state index contributed by atoms with van der Waals surface area (Å²) in [6.07, 6.45) is 4.39. The van der Waals surface area contributed by atoms with E-state index in [4.69, 9.17) is 5.73 Å². The van der Waals surface area contributed by atoms with E-state index >= 15 is 0 Å². The molecule has 1 aromatic heterocycles. The summed E-state index contributed by atoms with van der Waals surface area (Å²) in [4.78, 5) is 29.6. The van der Waals surface area contributed by atoms with Crippen molar-refractivity contribution in [2.24, 2.45) is 5.73 Å². The van der Waals surface area contributed by atoms with Gasteiger partial charge in [-0.1, -0.05) is 37.3 Å². The Morgan fingerprint density at radius 3 is 2.32 bits per heavy atom. The van der Waals surface area contributed by atoms with Crippen LogP contribution in [0.3, 0.4) is 0 Å². The number of rotatable bonds is 7. The Kier molecular flexibility index (Phi) is 6.51. The third-order valence-electron chi connectivity index (χ3n) is 3.94. The molecule has 0 spiro atoms. The summed E-state index contributed by atoms with van der Waals surface area (Å²) in [6, 6.07) is 10.5. The maximum atomic E-state index is 12.7. The number of nitrogens with zero attached hydrogens (tertiary/aromatic N) is 2. The van der Waals surface area contributed by atoms with Crippen LogP contribution in [0.5, 0.6) is 0 Å². The number of carbonyl (C=O) groups excluding carboxylic acids is 2. The van der Waals surface area contributed by atoms with E-state index in [2.05, 4.69) is 29.4 Å². The van der Waals surface area contributed by atoms with Crippen LogP contribution in [0.15, 0.2) is 48.8 Å². The highest BCUT2D eigenvalue weighted by Gasteiger charge is 2.22. The quantitative estimate of drug-likeness (QED) is 0.810. The molecule has 0 saturated carbocycles. The maximum Gasteiger partial charge on any atom is 0.312 e. The molecule has 2 rings (SSSR count). The Balaban J connectivity index is 2.17. The summed E-state index contributed by atoms with van der Waals surface area (Å²) < 4.78 is 0. The van der Waals surface area contributed by atoms with E-state index in [1.165, 1.54) is 5.56 Å². The summed E-state index contributed by atoms with van der Waals surface area (Å²) in [5.74, 6) is -0.192. The molecule has 1 aromatic carbocycles. The first-order valence-electron chi connectivity index (χ1n) is 8.31. The van der Waals surface area contributed by atoms with E-state index in [0.717, 1.165) is 17.5 Å². The van der Waals surface area contributed by atoms with Crippen LogP contribution >= 0.6 is 0 Å². The number of aromatic nitrogens is 1. The van der Waals surface area contributed by atoms with Gasteiger partial charge in [0.25, 0.3) is 0 Å². The minimum absolute atomic E-state index is 0.192. The molecule has 0 bridgehead atoms. The predicted octanol–water partition coefficient (Wildman–Crippen LogP) is 2.23. The smallest absolute Gasteiger partial charge is 0.312 e. The number of amides is 3. The zero-order valence-electron chi connectivity index (χ0n) is 14.6. The van der Waals surface area contributed by atoms with Crippen molar-refractivity contribution in [3.05, 3.63) is 65.5 Å². The van der Waals surface area contributed by atoms with Gasteiger partial charge >= 0.3 is 6.03 Å². The van der Waals surface area contributed by atoms with E-state index in [9.17, 15) is 9.59 Å². The van der Waals surface area contributed by atoms with Crippen LogP contribution in [0.1, 0.15) is 30.5 Å². The average molecular weight is 340 g/mol. The third-order valence-corrected chi connectivity index (χ3v) is 3.94. The van der Waals surface area contributed by atoms with Crippen LogP contribution in [0.2, 0.25) is 0 Å². The molecule has 132 valence electrons. The number of carbonyl (C=O) groups is 2. The van der Waals surface area contributed by atoms with E-state index < -0.39 is 12.1 Å². The number of urea groups is 1. The molecule has 1 heterocycles. The summed E-state index contributed by atoms with van der Waals surface area (Å²) in [5, 5.41) is 2.44. The average Bonchev–Trinajstić information content (AvgIpc) is 2.61. The molecule has 0 aliphatic carbocycles. The molecule has 3 N–H and O–H groups in total. The van der Waals surface area contributed by atoms with Crippen LogP contribution in [0.4, 0.5) is 4.79 Å². The Hall–Kier alpha value is -2.89. The van der Waals surface area contributed by atoms with Crippen molar-refractivity contribution in [1.29, 1.82) is 0 Å². The molecular weight excluding hydrogens is 316 g/mol. The van der Waals surface area contributed by atoms with Gasteiger partial charge in [0.15, 0.2) is 0 Å². The molecule has 0 aliphatic heterocycles. The van der Waals surface area contributed by atoms with Gasteiger partial charge in [-0.3, -0.25) is 9.78 Å². The van der Waals surface area contributed by atoms with Gasteiger partial charge in [0.1, 0.15) is 6.04 Å². The largest absolute Gasteiger partial charge is 0.352 e. The fourth-order valence-corrected chi connectivity index (χ4v) is 2.57. The Morgan fingerprint density at radius 2 is 1.76 bits per heavy atom. The summed E-state index contributed by atoms with van der Waals surface area (Å²) in [7, 11) is 0. The van der Waals surface area contributed by atoms with Crippen LogP contribution in [-0.4, -0.2) is 27.9 Å². The number of nitrogens with two attached hydrogens (primary N) is 1. The van der Waals surface area contributed by atoms with Gasteiger partial charge in [0.2, 0.25) is 5.91 Å². The van der Waals surface area contributed by atoms with Gasteiger partial charge in [0.05, 0.1) is 0 Å². The topological polar surface area (TPSA) is 88.3 Å².